The quantitative estimate of drug-likeness (QED) is 0.800. The fourth-order valence-corrected chi connectivity index (χ4v) is 2.28. The molecule has 1 aromatic carbocycles. The molecule has 0 amide bonds. The maximum Gasteiger partial charge on any atom is 0.123 e. The molecular formula is C14H20FN. The monoisotopic (exact) mass is 221 g/mol. The second-order valence-corrected chi connectivity index (χ2v) is 4.80. The molecule has 1 aliphatic carbocycles. The molecule has 1 aliphatic rings. The summed E-state index contributed by atoms with van der Waals surface area (Å²) in [6.45, 7) is 4.33. The van der Waals surface area contributed by atoms with Crippen LogP contribution in [0.1, 0.15) is 44.7 Å². The highest BCUT2D eigenvalue weighted by atomic mass is 19.1. The summed E-state index contributed by atoms with van der Waals surface area (Å²) in [4.78, 5) is 0. The molecular weight excluding hydrogens is 201 g/mol. The van der Waals surface area contributed by atoms with Gasteiger partial charge in [0.2, 0.25) is 0 Å². The molecule has 16 heavy (non-hydrogen) atoms. The van der Waals surface area contributed by atoms with Gasteiger partial charge in [0.1, 0.15) is 5.82 Å². The highest BCUT2D eigenvalue weighted by Crippen LogP contribution is 2.35. The van der Waals surface area contributed by atoms with E-state index in [2.05, 4.69) is 19.2 Å². The van der Waals surface area contributed by atoms with Crippen LogP contribution >= 0.6 is 0 Å². The van der Waals surface area contributed by atoms with Gasteiger partial charge in [0.25, 0.3) is 0 Å². The van der Waals surface area contributed by atoms with E-state index in [-0.39, 0.29) is 11.9 Å². The number of hydrogen-bond acceptors (Lipinski definition) is 1. The van der Waals surface area contributed by atoms with Gasteiger partial charge in [0.15, 0.2) is 0 Å². The molecule has 1 saturated carbocycles. The third-order valence-electron chi connectivity index (χ3n) is 3.44. The predicted molar refractivity (Wildman–Crippen MR) is 64.8 cm³/mol. The van der Waals surface area contributed by atoms with E-state index in [4.69, 9.17) is 0 Å². The van der Waals surface area contributed by atoms with Crippen LogP contribution in [0.3, 0.4) is 0 Å². The normalized spacial score (nSPS) is 19.4. The Balaban J connectivity index is 1.98. The summed E-state index contributed by atoms with van der Waals surface area (Å²) < 4.78 is 13.1. The molecule has 1 fully saturated rings. The van der Waals surface area contributed by atoms with Gasteiger partial charge in [-0.25, -0.2) is 4.39 Å². The Morgan fingerprint density at radius 2 is 2.19 bits per heavy atom. The fourth-order valence-electron chi connectivity index (χ4n) is 2.28. The lowest BCUT2D eigenvalue weighted by Gasteiger charge is -2.22. The number of benzene rings is 1. The summed E-state index contributed by atoms with van der Waals surface area (Å²) >= 11 is 0. The lowest BCUT2D eigenvalue weighted by molar-refractivity contribution is 0.404. The number of nitrogens with one attached hydrogen (secondary N) is 1. The first kappa shape index (κ1) is 11.6. The van der Waals surface area contributed by atoms with Crippen molar-refractivity contribution in [3.63, 3.8) is 0 Å². The van der Waals surface area contributed by atoms with Gasteiger partial charge >= 0.3 is 0 Å². The first-order valence-corrected chi connectivity index (χ1v) is 6.22. The van der Waals surface area contributed by atoms with Gasteiger partial charge in [0.05, 0.1) is 0 Å². The van der Waals surface area contributed by atoms with Crippen LogP contribution in [0.15, 0.2) is 24.3 Å². The molecule has 2 heteroatoms. The summed E-state index contributed by atoms with van der Waals surface area (Å²) in [6, 6.07) is 7.71. The van der Waals surface area contributed by atoms with Crippen LogP contribution in [0, 0.1) is 11.7 Å². The van der Waals surface area contributed by atoms with Gasteiger partial charge in [-0.1, -0.05) is 19.1 Å². The fraction of sp³-hybridized carbons (Fsp3) is 0.571. The largest absolute Gasteiger partial charge is 0.307 e. The van der Waals surface area contributed by atoms with E-state index in [1.807, 2.05) is 6.07 Å². The summed E-state index contributed by atoms with van der Waals surface area (Å²) in [5.74, 6) is 0.701. The number of halogens is 1. The van der Waals surface area contributed by atoms with Crippen molar-refractivity contribution in [2.45, 2.75) is 45.2 Å². The summed E-state index contributed by atoms with van der Waals surface area (Å²) in [5.41, 5.74) is 1.04. The van der Waals surface area contributed by atoms with Crippen molar-refractivity contribution >= 4 is 0 Å². The van der Waals surface area contributed by atoms with Crippen molar-refractivity contribution in [3.8, 4) is 0 Å². The van der Waals surface area contributed by atoms with E-state index >= 15 is 0 Å². The minimum Gasteiger partial charge on any atom is -0.307 e. The Morgan fingerprint density at radius 3 is 2.75 bits per heavy atom. The van der Waals surface area contributed by atoms with Gasteiger partial charge in [-0.05, 0) is 49.8 Å². The maximum absolute atomic E-state index is 13.1. The van der Waals surface area contributed by atoms with E-state index in [9.17, 15) is 4.39 Å². The van der Waals surface area contributed by atoms with E-state index in [1.54, 1.807) is 12.1 Å². The SMILES string of the molecule is CCC(N[C@H](C)c1cccc(F)c1)C1CC1. The first-order valence-electron chi connectivity index (χ1n) is 6.22. The molecule has 1 aromatic rings. The standard InChI is InChI=1S/C14H20FN/c1-3-14(11-7-8-11)16-10(2)12-5-4-6-13(15)9-12/h4-6,9-11,14,16H,3,7-8H2,1-2H3/t10-,14?/m1/s1. The lowest BCUT2D eigenvalue weighted by atomic mass is 10.0. The Hall–Kier alpha value is -0.890. The van der Waals surface area contributed by atoms with Crippen molar-refractivity contribution < 1.29 is 4.39 Å². The van der Waals surface area contributed by atoms with Crippen LogP contribution in [0.5, 0.6) is 0 Å². The summed E-state index contributed by atoms with van der Waals surface area (Å²) in [6.07, 6.45) is 3.85. The molecule has 1 unspecified atom stereocenters. The van der Waals surface area contributed by atoms with Gasteiger partial charge in [-0.2, -0.15) is 0 Å². The maximum atomic E-state index is 13.1. The van der Waals surface area contributed by atoms with Crippen LogP contribution in [-0.2, 0) is 0 Å². The van der Waals surface area contributed by atoms with E-state index in [1.165, 1.54) is 18.9 Å². The molecule has 0 aromatic heterocycles. The topological polar surface area (TPSA) is 12.0 Å². The van der Waals surface area contributed by atoms with Crippen molar-refractivity contribution in [2.24, 2.45) is 5.92 Å². The summed E-state index contributed by atoms with van der Waals surface area (Å²) in [5, 5.41) is 3.61. The van der Waals surface area contributed by atoms with E-state index in [0.29, 0.717) is 6.04 Å². The van der Waals surface area contributed by atoms with Crippen molar-refractivity contribution in [2.75, 3.05) is 0 Å². The Labute approximate surface area is 97.1 Å². The smallest absolute Gasteiger partial charge is 0.123 e. The average Bonchev–Trinajstić information content (AvgIpc) is 3.09. The van der Waals surface area contributed by atoms with Crippen molar-refractivity contribution in [1.82, 2.24) is 5.32 Å². The molecule has 2 atom stereocenters. The van der Waals surface area contributed by atoms with E-state index in [0.717, 1.165) is 17.9 Å². The van der Waals surface area contributed by atoms with Crippen molar-refractivity contribution in [3.05, 3.63) is 35.6 Å². The van der Waals surface area contributed by atoms with Crippen LogP contribution in [0.25, 0.3) is 0 Å². The van der Waals surface area contributed by atoms with Crippen molar-refractivity contribution in [1.29, 1.82) is 0 Å². The van der Waals surface area contributed by atoms with Gasteiger partial charge in [0, 0.05) is 12.1 Å². The Morgan fingerprint density at radius 1 is 1.44 bits per heavy atom. The van der Waals surface area contributed by atoms with Gasteiger partial charge in [-0.3, -0.25) is 0 Å². The molecule has 0 saturated heterocycles. The minimum absolute atomic E-state index is 0.148. The molecule has 0 spiro atoms. The molecule has 1 N–H and O–H groups in total. The second kappa shape index (κ2) is 4.96. The highest BCUT2D eigenvalue weighted by molar-refractivity contribution is 5.19. The van der Waals surface area contributed by atoms with E-state index < -0.39 is 0 Å². The van der Waals surface area contributed by atoms with Crippen LogP contribution in [0.2, 0.25) is 0 Å². The average molecular weight is 221 g/mol. The summed E-state index contributed by atoms with van der Waals surface area (Å²) in [7, 11) is 0. The number of rotatable bonds is 5. The van der Waals surface area contributed by atoms with Crippen LogP contribution in [0.4, 0.5) is 4.39 Å². The Bertz CT molecular complexity index is 346. The third-order valence-corrected chi connectivity index (χ3v) is 3.44. The molecule has 1 nitrogen and oxygen atoms in total. The zero-order valence-electron chi connectivity index (χ0n) is 10.0. The minimum atomic E-state index is -0.148. The first-order chi connectivity index (χ1) is 7.70. The number of hydrogen-bond donors (Lipinski definition) is 1. The zero-order chi connectivity index (χ0) is 11.5. The van der Waals surface area contributed by atoms with Crippen LogP contribution in [-0.4, -0.2) is 6.04 Å². The lowest BCUT2D eigenvalue weighted by Crippen LogP contribution is -2.32. The molecule has 0 bridgehead atoms. The molecule has 88 valence electrons. The van der Waals surface area contributed by atoms with Gasteiger partial charge in [-0.15, -0.1) is 0 Å². The molecule has 0 radical (unpaired) electrons. The van der Waals surface area contributed by atoms with Crippen LogP contribution < -0.4 is 5.32 Å². The third kappa shape index (κ3) is 2.82. The molecule has 2 rings (SSSR count). The molecule has 0 aliphatic heterocycles. The Kier molecular flexibility index (Phi) is 3.59. The van der Waals surface area contributed by atoms with Gasteiger partial charge < -0.3 is 5.32 Å². The predicted octanol–water partition coefficient (Wildman–Crippen LogP) is 3.66. The zero-order valence-corrected chi connectivity index (χ0v) is 10.0. The molecule has 0 heterocycles. The highest BCUT2D eigenvalue weighted by Gasteiger charge is 2.30. The second-order valence-electron chi connectivity index (χ2n) is 4.80.